The molecule has 1 aliphatic rings. The molecule has 0 spiro atoms. The van der Waals surface area contributed by atoms with Gasteiger partial charge in [0.15, 0.2) is 4.32 Å². The molecule has 22 heavy (non-hydrogen) atoms. The molecule has 110 valence electrons. The molecule has 1 fully saturated rings. The Hall–Kier alpha value is -1.21. The van der Waals surface area contributed by atoms with Crippen molar-refractivity contribution in [1.29, 1.82) is 0 Å². The molecule has 1 amide bonds. The van der Waals surface area contributed by atoms with E-state index in [4.69, 9.17) is 23.8 Å². The van der Waals surface area contributed by atoms with Crippen LogP contribution in [0.2, 0.25) is 5.02 Å². The molecule has 0 aliphatic carbocycles. The van der Waals surface area contributed by atoms with Gasteiger partial charge in [0, 0.05) is 16.9 Å². The molecule has 1 aromatic heterocycles. The molecule has 0 saturated carbocycles. The summed E-state index contributed by atoms with van der Waals surface area (Å²) in [5.74, 6) is -0.148. The maximum atomic E-state index is 12.6. The van der Waals surface area contributed by atoms with Crippen molar-refractivity contribution in [3.63, 3.8) is 0 Å². The predicted molar refractivity (Wildman–Crippen MR) is 99.0 cm³/mol. The number of amides is 1. The van der Waals surface area contributed by atoms with Crippen LogP contribution in [0.15, 0.2) is 52.1 Å². The quantitative estimate of drug-likeness (QED) is 0.520. The van der Waals surface area contributed by atoms with Crippen molar-refractivity contribution in [3.05, 3.63) is 62.7 Å². The Labute approximate surface area is 150 Å². The number of aromatic nitrogens is 1. The highest BCUT2D eigenvalue weighted by atomic mass is 79.9. The first-order chi connectivity index (χ1) is 10.6. The zero-order chi connectivity index (χ0) is 15.7. The van der Waals surface area contributed by atoms with Gasteiger partial charge in [-0.1, -0.05) is 35.6 Å². The monoisotopic (exact) mass is 410 g/mol. The van der Waals surface area contributed by atoms with Crippen LogP contribution in [0, 0.1) is 0 Å². The Morgan fingerprint density at radius 1 is 1.27 bits per heavy atom. The van der Waals surface area contributed by atoms with Crippen molar-refractivity contribution in [2.24, 2.45) is 0 Å². The third-order valence-electron chi connectivity index (χ3n) is 2.96. The van der Waals surface area contributed by atoms with Crippen LogP contribution in [0.3, 0.4) is 0 Å². The van der Waals surface area contributed by atoms with E-state index in [1.54, 1.807) is 36.7 Å². The summed E-state index contributed by atoms with van der Waals surface area (Å²) in [6, 6.07) is 8.98. The van der Waals surface area contributed by atoms with Gasteiger partial charge < -0.3 is 0 Å². The number of carbonyl (C=O) groups excluding carboxylic acids is 1. The minimum absolute atomic E-state index is 0.148. The highest BCUT2D eigenvalue weighted by molar-refractivity contribution is 9.10. The summed E-state index contributed by atoms with van der Waals surface area (Å²) in [5.41, 5.74) is 1.57. The summed E-state index contributed by atoms with van der Waals surface area (Å²) in [5, 5.41) is 0.532. The lowest BCUT2D eigenvalue weighted by Gasteiger charge is -2.15. The van der Waals surface area contributed by atoms with E-state index in [-0.39, 0.29) is 5.91 Å². The molecule has 1 saturated heterocycles. The maximum absolute atomic E-state index is 12.6. The number of carbonyl (C=O) groups is 1. The van der Waals surface area contributed by atoms with Crippen LogP contribution in [-0.4, -0.2) is 15.2 Å². The molecule has 3 rings (SSSR count). The van der Waals surface area contributed by atoms with Crippen molar-refractivity contribution in [3.8, 4) is 0 Å². The Morgan fingerprint density at radius 3 is 2.68 bits per heavy atom. The summed E-state index contributed by atoms with van der Waals surface area (Å²) >= 11 is 16.0. The molecule has 3 nitrogen and oxygen atoms in total. The Bertz CT molecular complexity index is 795. The van der Waals surface area contributed by atoms with Crippen LogP contribution >= 0.6 is 51.5 Å². The minimum atomic E-state index is -0.148. The number of nitrogens with zero attached hydrogens (tertiary/aromatic N) is 2. The topological polar surface area (TPSA) is 33.2 Å². The van der Waals surface area contributed by atoms with Gasteiger partial charge in [-0.2, -0.15) is 0 Å². The van der Waals surface area contributed by atoms with Crippen molar-refractivity contribution >= 4 is 73.5 Å². The highest BCUT2D eigenvalue weighted by Crippen LogP contribution is 2.37. The average molecular weight is 412 g/mol. The number of thioether (sulfide) groups is 1. The fourth-order valence-electron chi connectivity index (χ4n) is 1.93. The van der Waals surface area contributed by atoms with E-state index in [2.05, 4.69) is 20.9 Å². The zero-order valence-corrected chi connectivity index (χ0v) is 15.0. The fourth-order valence-corrected chi connectivity index (χ4v) is 3.65. The van der Waals surface area contributed by atoms with Gasteiger partial charge >= 0.3 is 0 Å². The number of pyridine rings is 1. The average Bonchev–Trinajstić information content (AvgIpc) is 2.78. The minimum Gasteiger partial charge on any atom is -0.268 e. The van der Waals surface area contributed by atoms with Crippen LogP contribution in [0.4, 0.5) is 5.69 Å². The van der Waals surface area contributed by atoms with Gasteiger partial charge in [0.1, 0.15) is 0 Å². The Morgan fingerprint density at radius 2 is 2.00 bits per heavy atom. The molecule has 0 unspecified atom stereocenters. The van der Waals surface area contributed by atoms with Gasteiger partial charge in [0.25, 0.3) is 5.91 Å². The van der Waals surface area contributed by atoms with E-state index < -0.39 is 0 Å². The van der Waals surface area contributed by atoms with Gasteiger partial charge in [0.05, 0.1) is 15.6 Å². The van der Waals surface area contributed by atoms with Crippen LogP contribution in [-0.2, 0) is 4.79 Å². The first-order valence-electron chi connectivity index (χ1n) is 6.19. The van der Waals surface area contributed by atoms with Gasteiger partial charge in [0.2, 0.25) is 0 Å². The maximum Gasteiger partial charge on any atom is 0.270 e. The normalized spacial score (nSPS) is 16.6. The van der Waals surface area contributed by atoms with E-state index in [0.717, 1.165) is 10.0 Å². The first kappa shape index (κ1) is 15.7. The number of anilines is 1. The van der Waals surface area contributed by atoms with Crippen molar-refractivity contribution < 1.29 is 4.79 Å². The molecule has 1 aromatic carbocycles. The van der Waals surface area contributed by atoms with Gasteiger partial charge in [-0.25, -0.2) is 0 Å². The Balaban J connectivity index is 1.95. The van der Waals surface area contributed by atoms with Crippen LogP contribution in [0.5, 0.6) is 0 Å². The molecular formula is C15H8BrClN2OS2. The summed E-state index contributed by atoms with van der Waals surface area (Å²) in [6.07, 6.45) is 5.17. The van der Waals surface area contributed by atoms with E-state index in [0.29, 0.717) is 19.9 Å². The summed E-state index contributed by atoms with van der Waals surface area (Å²) in [7, 11) is 0. The zero-order valence-electron chi connectivity index (χ0n) is 11.0. The third-order valence-corrected chi connectivity index (χ3v) is 5.49. The van der Waals surface area contributed by atoms with Crippen LogP contribution in [0.25, 0.3) is 6.08 Å². The second-order valence-corrected chi connectivity index (χ2v) is 7.33. The van der Waals surface area contributed by atoms with Gasteiger partial charge in [-0.15, -0.1) is 0 Å². The number of hydrogen-bond donors (Lipinski definition) is 0. The smallest absolute Gasteiger partial charge is 0.268 e. The molecular weight excluding hydrogens is 404 g/mol. The predicted octanol–water partition coefficient (Wildman–Crippen LogP) is 4.90. The number of thiocarbonyl (C=S) groups is 1. The summed E-state index contributed by atoms with van der Waals surface area (Å²) in [4.78, 5) is 18.6. The molecule has 7 heteroatoms. The number of benzene rings is 1. The molecule has 0 radical (unpaired) electrons. The molecule has 2 aromatic rings. The number of halogens is 2. The number of hydrogen-bond acceptors (Lipinski definition) is 4. The first-order valence-corrected chi connectivity index (χ1v) is 8.59. The lowest BCUT2D eigenvalue weighted by molar-refractivity contribution is -0.113. The van der Waals surface area contributed by atoms with E-state index in [1.807, 2.05) is 12.1 Å². The largest absolute Gasteiger partial charge is 0.270 e. The number of rotatable bonds is 2. The Kier molecular flexibility index (Phi) is 4.63. The summed E-state index contributed by atoms with van der Waals surface area (Å²) < 4.78 is 1.26. The van der Waals surface area contributed by atoms with E-state index >= 15 is 0 Å². The van der Waals surface area contributed by atoms with Gasteiger partial charge in [-0.05, 0) is 57.9 Å². The second kappa shape index (κ2) is 6.50. The molecule has 1 aliphatic heterocycles. The van der Waals surface area contributed by atoms with Crippen molar-refractivity contribution in [2.75, 3.05) is 4.90 Å². The van der Waals surface area contributed by atoms with Gasteiger partial charge in [-0.3, -0.25) is 14.7 Å². The van der Waals surface area contributed by atoms with Crippen molar-refractivity contribution in [2.45, 2.75) is 0 Å². The van der Waals surface area contributed by atoms with Crippen molar-refractivity contribution in [1.82, 2.24) is 4.98 Å². The molecule has 0 N–H and O–H groups in total. The highest BCUT2D eigenvalue weighted by Gasteiger charge is 2.33. The summed E-state index contributed by atoms with van der Waals surface area (Å²) in [6.45, 7) is 0. The fraction of sp³-hybridized carbons (Fsp3) is 0. The lowest BCUT2D eigenvalue weighted by Crippen LogP contribution is -2.27. The second-order valence-electron chi connectivity index (χ2n) is 4.40. The SMILES string of the molecule is O=C1/C(=C\c2ccncc2)SC(=S)N1c1ccc(Br)c(Cl)c1. The molecule has 0 atom stereocenters. The molecule has 2 heterocycles. The van der Waals surface area contributed by atoms with E-state index in [1.165, 1.54) is 16.7 Å². The molecule has 0 bridgehead atoms. The van der Waals surface area contributed by atoms with Crippen LogP contribution < -0.4 is 4.90 Å². The van der Waals surface area contributed by atoms with E-state index in [9.17, 15) is 4.79 Å². The standard InChI is InChI=1S/C15H8BrClN2OS2/c16-11-2-1-10(8-12(11)17)19-14(20)13(22-15(19)21)7-9-3-5-18-6-4-9/h1-8H/b13-7+. The van der Waals surface area contributed by atoms with Crippen LogP contribution in [0.1, 0.15) is 5.56 Å². The lowest BCUT2D eigenvalue weighted by atomic mass is 10.2. The third kappa shape index (κ3) is 3.10.